The average Bonchev–Trinajstić information content (AvgIpc) is 3.39. The Bertz CT molecular complexity index is 1190. The zero-order chi connectivity index (χ0) is 22.5. The second-order valence-corrected chi connectivity index (χ2v) is 10.5. The number of hydrogen-bond donors (Lipinski definition) is 1. The van der Waals surface area contributed by atoms with E-state index in [1.807, 2.05) is 28.8 Å². The topological polar surface area (TPSA) is 72.9 Å². The maximum Gasteiger partial charge on any atom is 0.250 e. The van der Waals surface area contributed by atoms with Gasteiger partial charge in [0.1, 0.15) is 5.82 Å². The lowest BCUT2D eigenvalue weighted by Crippen LogP contribution is -2.41. The first-order valence-corrected chi connectivity index (χ1v) is 12.2. The summed E-state index contributed by atoms with van der Waals surface area (Å²) in [4.78, 5) is 20.8. The summed E-state index contributed by atoms with van der Waals surface area (Å²) in [7, 11) is 0. The van der Waals surface area contributed by atoms with Gasteiger partial charge in [0.05, 0.1) is 33.2 Å². The smallest absolute Gasteiger partial charge is 0.250 e. The number of carbonyl (C=O) groups excluding carboxylic acids is 1. The molecule has 2 saturated heterocycles. The van der Waals surface area contributed by atoms with Crippen molar-refractivity contribution in [3.8, 4) is 0 Å². The summed E-state index contributed by atoms with van der Waals surface area (Å²) in [5.74, 6) is 0.429. The molecule has 0 radical (unpaired) electrons. The number of aromatic nitrogens is 2. The van der Waals surface area contributed by atoms with E-state index in [-0.39, 0.29) is 5.41 Å². The van der Waals surface area contributed by atoms with Crippen molar-refractivity contribution in [1.29, 1.82) is 0 Å². The molecule has 0 aliphatic carbocycles. The Morgan fingerprint density at radius 2 is 2.09 bits per heavy atom. The van der Waals surface area contributed by atoms with Crippen molar-refractivity contribution in [2.75, 3.05) is 24.6 Å². The molecular formula is C23H24Cl2N4O2S. The van der Waals surface area contributed by atoms with Gasteiger partial charge >= 0.3 is 0 Å². The zero-order valence-corrected chi connectivity index (χ0v) is 20.0. The van der Waals surface area contributed by atoms with Crippen molar-refractivity contribution < 1.29 is 9.53 Å². The maximum atomic E-state index is 12.5. The lowest BCUT2D eigenvalue weighted by atomic mass is 9.77. The van der Waals surface area contributed by atoms with Gasteiger partial charge in [-0.2, -0.15) is 0 Å². The van der Waals surface area contributed by atoms with Gasteiger partial charge in [0.2, 0.25) is 5.91 Å². The van der Waals surface area contributed by atoms with E-state index in [0.717, 1.165) is 49.7 Å². The number of ether oxygens (including phenoxy) is 1. The number of fused-ring (bicyclic) bond motifs is 1. The summed E-state index contributed by atoms with van der Waals surface area (Å²) in [5, 5.41) is 0.901. The van der Waals surface area contributed by atoms with Gasteiger partial charge in [0.15, 0.2) is 5.65 Å². The van der Waals surface area contributed by atoms with E-state index in [1.165, 1.54) is 11.8 Å². The van der Waals surface area contributed by atoms with Gasteiger partial charge in [-0.05, 0) is 49.8 Å². The molecule has 5 rings (SSSR count). The van der Waals surface area contributed by atoms with E-state index in [2.05, 4.69) is 16.8 Å². The Morgan fingerprint density at radius 1 is 1.31 bits per heavy atom. The standard InChI is InChI=1S/C23H24Cl2N4O2S/c1-14-12-23(13-31-14)5-8-28(9-6-23)18-11-15(21(26)30)20(22-27-7-10-29(18)22)32-17-4-2-3-16(24)19(17)25/h2-4,7,10-11,14H,5-6,8-9,12-13H2,1H3,(H2,26,30)/t14-/m0/s1. The van der Waals surface area contributed by atoms with E-state index in [1.54, 1.807) is 12.3 Å². The molecule has 1 spiro atoms. The number of benzene rings is 1. The average molecular weight is 491 g/mol. The lowest BCUT2D eigenvalue weighted by Gasteiger charge is -2.39. The molecule has 0 unspecified atom stereocenters. The fraction of sp³-hybridized carbons (Fsp3) is 0.391. The second kappa shape index (κ2) is 8.45. The van der Waals surface area contributed by atoms with Crippen molar-refractivity contribution in [3.63, 3.8) is 0 Å². The van der Waals surface area contributed by atoms with E-state index < -0.39 is 5.91 Å². The van der Waals surface area contributed by atoms with Crippen LogP contribution in [0, 0.1) is 5.41 Å². The van der Waals surface area contributed by atoms with Crippen LogP contribution in [-0.2, 0) is 4.74 Å². The van der Waals surface area contributed by atoms with Crippen LogP contribution >= 0.6 is 35.0 Å². The molecular weight excluding hydrogens is 467 g/mol. The number of piperidine rings is 1. The summed E-state index contributed by atoms with van der Waals surface area (Å²) in [6, 6.07) is 7.31. The molecule has 9 heteroatoms. The van der Waals surface area contributed by atoms with Crippen LogP contribution in [0.4, 0.5) is 5.82 Å². The predicted octanol–water partition coefficient (Wildman–Crippen LogP) is 5.29. The molecule has 2 fully saturated rings. The Labute approximate surface area is 201 Å². The number of anilines is 1. The predicted molar refractivity (Wildman–Crippen MR) is 128 cm³/mol. The van der Waals surface area contributed by atoms with Crippen LogP contribution in [0.2, 0.25) is 10.0 Å². The first kappa shape index (κ1) is 21.9. The van der Waals surface area contributed by atoms with Crippen LogP contribution in [0.5, 0.6) is 0 Å². The van der Waals surface area contributed by atoms with Crippen molar-refractivity contribution in [2.24, 2.45) is 11.1 Å². The van der Waals surface area contributed by atoms with E-state index in [4.69, 9.17) is 33.7 Å². The number of rotatable bonds is 4. The molecule has 1 amide bonds. The highest BCUT2D eigenvalue weighted by molar-refractivity contribution is 7.99. The molecule has 1 atom stereocenters. The van der Waals surface area contributed by atoms with Gasteiger partial charge in [-0.15, -0.1) is 0 Å². The van der Waals surface area contributed by atoms with Crippen LogP contribution < -0.4 is 10.6 Å². The Balaban J connectivity index is 1.52. The highest BCUT2D eigenvalue weighted by Crippen LogP contribution is 2.44. The zero-order valence-electron chi connectivity index (χ0n) is 17.7. The van der Waals surface area contributed by atoms with E-state index >= 15 is 0 Å². The van der Waals surface area contributed by atoms with Crippen LogP contribution in [0.1, 0.15) is 36.5 Å². The summed E-state index contributed by atoms with van der Waals surface area (Å²) < 4.78 is 7.89. The van der Waals surface area contributed by atoms with Crippen LogP contribution in [0.3, 0.4) is 0 Å². The molecule has 0 saturated carbocycles. The number of pyridine rings is 1. The third-order valence-electron chi connectivity index (χ3n) is 6.54. The highest BCUT2D eigenvalue weighted by atomic mass is 35.5. The quantitative estimate of drug-likeness (QED) is 0.537. The van der Waals surface area contributed by atoms with Crippen molar-refractivity contribution in [1.82, 2.24) is 9.38 Å². The molecule has 1 aromatic carbocycles. The number of carbonyl (C=O) groups is 1. The SMILES string of the molecule is C[C@H]1CC2(CCN(c3cc(C(N)=O)c(Sc4cccc(Cl)c4Cl)c4nccn34)CC2)CO1. The van der Waals surface area contributed by atoms with Gasteiger partial charge in [0, 0.05) is 30.4 Å². The molecule has 168 valence electrons. The highest BCUT2D eigenvalue weighted by Gasteiger charge is 2.41. The fourth-order valence-electron chi connectivity index (χ4n) is 4.85. The molecule has 2 N–H and O–H groups in total. The second-order valence-electron chi connectivity index (χ2n) is 8.70. The van der Waals surface area contributed by atoms with Gasteiger partial charge in [-0.25, -0.2) is 4.98 Å². The van der Waals surface area contributed by atoms with Crippen LogP contribution in [0.15, 0.2) is 46.5 Å². The maximum absolute atomic E-state index is 12.5. The van der Waals surface area contributed by atoms with E-state index in [9.17, 15) is 4.79 Å². The number of nitrogens with two attached hydrogens (primary N) is 1. The molecule has 32 heavy (non-hydrogen) atoms. The van der Waals surface area contributed by atoms with Gasteiger partial charge in [-0.3, -0.25) is 9.20 Å². The lowest BCUT2D eigenvalue weighted by molar-refractivity contribution is 0.0975. The van der Waals surface area contributed by atoms with E-state index in [0.29, 0.717) is 32.3 Å². The molecule has 0 bridgehead atoms. The number of hydrogen-bond acceptors (Lipinski definition) is 5. The molecule has 4 heterocycles. The third-order valence-corrected chi connectivity index (χ3v) is 8.64. The van der Waals surface area contributed by atoms with Crippen molar-refractivity contribution in [3.05, 3.63) is 52.3 Å². The fourth-order valence-corrected chi connectivity index (χ4v) is 6.40. The van der Waals surface area contributed by atoms with Crippen LogP contribution in [0.25, 0.3) is 5.65 Å². The minimum absolute atomic E-state index is 0.273. The molecule has 6 nitrogen and oxygen atoms in total. The monoisotopic (exact) mass is 490 g/mol. The number of halogens is 2. The minimum atomic E-state index is -0.496. The van der Waals surface area contributed by atoms with Crippen LogP contribution in [-0.4, -0.2) is 41.1 Å². The van der Waals surface area contributed by atoms with Crippen molar-refractivity contribution >= 4 is 52.3 Å². The van der Waals surface area contributed by atoms with Gasteiger partial charge in [-0.1, -0.05) is 41.0 Å². The summed E-state index contributed by atoms with van der Waals surface area (Å²) in [5.41, 5.74) is 7.20. The minimum Gasteiger partial charge on any atom is -0.378 e. The normalized spacial score (nSPS) is 20.3. The first-order chi connectivity index (χ1) is 15.4. The largest absolute Gasteiger partial charge is 0.378 e. The summed E-state index contributed by atoms with van der Waals surface area (Å²) in [6.07, 6.45) is 7.24. The number of primary amides is 1. The molecule has 3 aromatic rings. The summed E-state index contributed by atoms with van der Waals surface area (Å²) >= 11 is 14.0. The Morgan fingerprint density at radius 3 is 2.78 bits per heavy atom. The van der Waals surface area contributed by atoms with Gasteiger partial charge < -0.3 is 15.4 Å². The van der Waals surface area contributed by atoms with Gasteiger partial charge in [0.25, 0.3) is 0 Å². The number of nitrogens with zero attached hydrogens (tertiary/aromatic N) is 3. The Kier molecular flexibility index (Phi) is 5.78. The molecule has 2 aliphatic heterocycles. The third kappa shape index (κ3) is 3.85. The number of imidazole rings is 1. The van der Waals surface area contributed by atoms with Crippen molar-refractivity contribution in [2.45, 2.75) is 42.1 Å². The number of amides is 1. The molecule has 2 aliphatic rings. The summed E-state index contributed by atoms with van der Waals surface area (Å²) in [6.45, 7) is 4.78. The first-order valence-electron chi connectivity index (χ1n) is 10.7. The molecule has 2 aromatic heterocycles. The Hall–Kier alpha value is -1.93.